The van der Waals surface area contributed by atoms with Gasteiger partial charge in [-0.1, -0.05) is 152 Å². The van der Waals surface area contributed by atoms with Crippen LogP contribution in [0.4, 0.5) is 0 Å². The van der Waals surface area contributed by atoms with Crippen molar-refractivity contribution in [3.8, 4) is 45.0 Å². The summed E-state index contributed by atoms with van der Waals surface area (Å²) >= 11 is 0. The largest absolute Gasteiger partial charge is 0.456 e. The van der Waals surface area contributed by atoms with Crippen molar-refractivity contribution in [3.05, 3.63) is 187 Å². The number of aromatic nitrogens is 3. The molecule has 0 saturated heterocycles. The predicted molar refractivity (Wildman–Crippen MR) is 213 cm³/mol. The molecular weight excluding hydrogens is 635 g/mol. The Balaban J connectivity index is 1.06. The lowest BCUT2D eigenvalue weighted by molar-refractivity contribution is 0.668. The summed E-state index contributed by atoms with van der Waals surface area (Å²) in [7, 11) is 0. The van der Waals surface area contributed by atoms with Gasteiger partial charge in [0.2, 0.25) is 0 Å². The first kappa shape index (κ1) is 30.0. The molecule has 0 unspecified atom stereocenters. The molecule has 0 aliphatic heterocycles. The van der Waals surface area contributed by atoms with E-state index < -0.39 is 0 Å². The number of benzene rings is 8. The van der Waals surface area contributed by atoms with Crippen molar-refractivity contribution in [2.24, 2.45) is 0 Å². The van der Waals surface area contributed by atoms with Crippen LogP contribution < -0.4 is 0 Å². The Morgan fingerprint density at radius 1 is 0.385 bits per heavy atom. The maximum atomic E-state index is 6.40. The smallest absolute Gasteiger partial charge is 0.163 e. The average Bonchev–Trinajstić information content (AvgIpc) is 3.60. The highest BCUT2D eigenvalue weighted by Gasteiger charge is 2.17. The van der Waals surface area contributed by atoms with E-state index in [9.17, 15) is 0 Å². The van der Waals surface area contributed by atoms with Gasteiger partial charge in [0.15, 0.2) is 11.6 Å². The lowest BCUT2D eigenvalue weighted by atomic mass is 9.97. The van der Waals surface area contributed by atoms with Crippen molar-refractivity contribution >= 4 is 43.5 Å². The Kier molecular flexibility index (Phi) is 7.17. The molecular formula is C48H31N3O. The zero-order valence-corrected chi connectivity index (χ0v) is 28.2. The van der Waals surface area contributed by atoms with Crippen LogP contribution in [0.15, 0.2) is 180 Å². The van der Waals surface area contributed by atoms with E-state index in [4.69, 9.17) is 19.4 Å². The fourth-order valence-corrected chi connectivity index (χ4v) is 7.39. The van der Waals surface area contributed by atoms with E-state index in [-0.39, 0.29) is 0 Å². The number of furan rings is 1. The molecule has 244 valence electrons. The van der Waals surface area contributed by atoms with E-state index in [0.29, 0.717) is 23.9 Å². The third-order valence-corrected chi connectivity index (χ3v) is 9.97. The van der Waals surface area contributed by atoms with Crippen molar-refractivity contribution in [2.45, 2.75) is 6.42 Å². The summed E-state index contributed by atoms with van der Waals surface area (Å²) in [4.78, 5) is 15.1. The lowest BCUT2D eigenvalue weighted by Gasteiger charge is -2.10. The Morgan fingerprint density at radius 3 is 1.87 bits per heavy atom. The number of hydrogen-bond acceptors (Lipinski definition) is 4. The van der Waals surface area contributed by atoms with Gasteiger partial charge in [-0.3, -0.25) is 0 Å². The summed E-state index contributed by atoms with van der Waals surface area (Å²) < 4.78 is 6.40. The third-order valence-electron chi connectivity index (χ3n) is 9.97. The molecule has 0 atom stereocenters. The van der Waals surface area contributed by atoms with Crippen molar-refractivity contribution in [2.75, 3.05) is 0 Å². The Bertz CT molecular complexity index is 2920. The van der Waals surface area contributed by atoms with E-state index in [1.165, 1.54) is 32.7 Å². The van der Waals surface area contributed by atoms with Crippen molar-refractivity contribution in [1.82, 2.24) is 15.0 Å². The number of nitrogens with zero attached hydrogens (tertiary/aromatic N) is 3. The average molecular weight is 666 g/mol. The topological polar surface area (TPSA) is 51.8 Å². The van der Waals surface area contributed by atoms with Crippen LogP contribution in [-0.2, 0) is 6.42 Å². The summed E-state index contributed by atoms with van der Waals surface area (Å²) in [6, 6.07) is 61.5. The molecule has 2 aromatic heterocycles. The normalized spacial score (nSPS) is 11.5. The van der Waals surface area contributed by atoms with Gasteiger partial charge in [-0.2, -0.15) is 0 Å². The number of rotatable bonds is 6. The van der Waals surface area contributed by atoms with Crippen LogP contribution in [0.25, 0.3) is 88.5 Å². The molecule has 0 N–H and O–H groups in total. The second-order valence-corrected chi connectivity index (χ2v) is 13.2. The number of fused-ring (bicyclic) bond motifs is 5. The zero-order valence-electron chi connectivity index (χ0n) is 28.2. The second kappa shape index (κ2) is 12.4. The molecule has 52 heavy (non-hydrogen) atoms. The van der Waals surface area contributed by atoms with E-state index >= 15 is 0 Å². The molecule has 0 radical (unpaired) electrons. The van der Waals surface area contributed by atoms with E-state index in [2.05, 4.69) is 140 Å². The van der Waals surface area contributed by atoms with Crippen LogP contribution in [0.1, 0.15) is 11.4 Å². The van der Waals surface area contributed by atoms with Gasteiger partial charge < -0.3 is 4.42 Å². The van der Waals surface area contributed by atoms with Gasteiger partial charge in [0.25, 0.3) is 0 Å². The molecule has 10 aromatic rings. The first-order valence-electron chi connectivity index (χ1n) is 17.6. The summed E-state index contributed by atoms with van der Waals surface area (Å²) in [6.45, 7) is 0. The van der Waals surface area contributed by atoms with Crippen LogP contribution in [0.2, 0.25) is 0 Å². The molecule has 10 rings (SSSR count). The summed E-state index contributed by atoms with van der Waals surface area (Å²) in [5.74, 6) is 2.01. The zero-order chi connectivity index (χ0) is 34.4. The Hall–Kier alpha value is -6.91. The molecule has 0 amide bonds. The molecule has 0 bridgehead atoms. The van der Waals surface area contributed by atoms with E-state index in [1.807, 2.05) is 36.4 Å². The Labute approximate surface area is 300 Å². The molecule has 0 aliphatic carbocycles. The van der Waals surface area contributed by atoms with Crippen LogP contribution >= 0.6 is 0 Å². The van der Waals surface area contributed by atoms with Crippen LogP contribution in [-0.4, -0.2) is 15.0 Å². The van der Waals surface area contributed by atoms with Gasteiger partial charge in [-0.05, 0) is 73.6 Å². The van der Waals surface area contributed by atoms with E-state index in [0.717, 1.165) is 49.8 Å². The van der Waals surface area contributed by atoms with Gasteiger partial charge in [0.05, 0.1) is 0 Å². The molecule has 4 heteroatoms. The van der Waals surface area contributed by atoms with Gasteiger partial charge in [-0.25, -0.2) is 15.0 Å². The minimum Gasteiger partial charge on any atom is -0.456 e. The highest BCUT2D eigenvalue weighted by Crippen LogP contribution is 2.36. The van der Waals surface area contributed by atoms with Gasteiger partial charge in [0.1, 0.15) is 17.0 Å². The minimum absolute atomic E-state index is 0.523. The van der Waals surface area contributed by atoms with Crippen molar-refractivity contribution < 1.29 is 4.42 Å². The predicted octanol–water partition coefficient (Wildman–Crippen LogP) is 12.3. The standard InChI is InChI=1S/C48H31N3O/c1-2-12-34(13-3-1)47-49-45(50-48(51-47)35-23-21-33(22-24-35)41-18-8-15-32-11-6-7-17-40(32)41)30-39-16-9-19-44-46(39)42-29-38(26-27-43(42)52-44)37-25-20-31-10-4-5-14-36(31)28-37/h1-29H,30H2. The summed E-state index contributed by atoms with van der Waals surface area (Å²) in [5, 5.41) is 7.08. The van der Waals surface area contributed by atoms with Gasteiger partial charge >= 0.3 is 0 Å². The SMILES string of the molecule is c1ccc(-c2nc(Cc3cccc4oc5ccc(-c6ccc7ccccc7c6)cc5c34)nc(-c3ccc(-c4cccc5ccccc45)cc3)n2)cc1. The molecule has 2 heterocycles. The first-order valence-corrected chi connectivity index (χ1v) is 17.6. The van der Waals surface area contributed by atoms with Crippen molar-refractivity contribution in [1.29, 1.82) is 0 Å². The minimum atomic E-state index is 0.523. The monoisotopic (exact) mass is 665 g/mol. The Morgan fingerprint density at radius 2 is 1.02 bits per heavy atom. The van der Waals surface area contributed by atoms with Crippen LogP contribution in [0.3, 0.4) is 0 Å². The molecule has 4 nitrogen and oxygen atoms in total. The molecule has 0 saturated carbocycles. The third kappa shape index (κ3) is 5.38. The van der Waals surface area contributed by atoms with Gasteiger partial charge in [-0.15, -0.1) is 0 Å². The van der Waals surface area contributed by atoms with Crippen LogP contribution in [0, 0.1) is 0 Å². The summed E-state index contributed by atoms with van der Waals surface area (Å²) in [5.41, 5.74) is 9.39. The van der Waals surface area contributed by atoms with Crippen molar-refractivity contribution in [3.63, 3.8) is 0 Å². The molecule has 0 spiro atoms. The number of hydrogen-bond donors (Lipinski definition) is 0. The van der Waals surface area contributed by atoms with Crippen LogP contribution in [0.5, 0.6) is 0 Å². The van der Waals surface area contributed by atoms with Gasteiger partial charge in [0, 0.05) is 28.3 Å². The highest BCUT2D eigenvalue weighted by atomic mass is 16.3. The summed E-state index contributed by atoms with van der Waals surface area (Å²) in [6.07, 6.45) is 0.523. The first-order chi connectivity index (χ1) is 25.7. The second-order valence-electron chi connectivity index (χ2n) is 13.2. The highest BCUT2D eigenvalue weighted by molar-refractivity contribution is 6.08. The fourth-order valence-electron chi connectivity index (χ4n) is 7.39. The fraction of sp³-hybridized carbons (Fsp3) is 0.0208. The molecule has 8 aromatic carbocycles. The molecule has 0 fully saturated rings. The maximum absolute atomic E-state index is 6.40. The lowest BCUT2D eigenvalue weighted by Crippen LogP contribution is -2.04. The maximum Gasteiger partial charge on any atom is 0.163 e. The van der Waals surface area contributed by atoms with E-state index in [1.54, 1.807) is 0 Å². The molecule has 0 aliphatic rings. The quantitative estimate of drug-likeness (QED) is 0.177.